The number of nitrogens with zero attached hydrogens (tertiary/aromatic N) is 3. The Bertz CT molecular complexity index is 419. The highest BCUT2D eigenvalue weighted by molar-refractivity contribution is 7.10. The van der Waals surface area contributed by atoms with Gasteiger partial charge in [0.1, 0.15) is 0 Å². The van der Waals surface area contributed by atoms with Crippen molar-refractivity contribution in [3.8, 4) is 0 Å². The van der Waals surface area contributed by atoms with Crippen molar-refractivity contribution in [2.45, 2.75) is 13.3 Å². The molecule has 4 N–H and O–H groups in total. The van der Waals surface area contributed by atoms with Gasteiger partial charge in [0.2, 0.25) is 5.96 Å². The molecular formula is C11H19N5S. The monoisotopic (exact) mass is 253 g/mol. The first kappa shape index (κ1) is 13.5. The fourth-order valence-electron chi connectivity index (χ4n) is 1.18. The number of rotatable bonds is 3. The molecular weight excluding hydrogens is 234 g/mol. The summed E-state index contributed by atoms with van der Waals surface area (Å²) in [6, 6.07) is 2.16. The van der Waals surface area contributed by atoms with Crippen LogP contribution in [0.4, 0.5) is 0 Å². The van der Waals surface area contributed by atoms with E-state index in [1.54, 1.807) is 30.3 Å². The molecule has 0 aromatic carbocycles. The molecule has 0 unspecified atom stereocenters. The lowest BCUT2D eigenvalue weighted by atomic mass is 10.2. The maximum Gasteiger partial charge on any atom is 0.218 e. The van der Waals surface area contributed by atoms with Crippen molar-refractivity contribution in [2.75, 3.05) is 20.6 Å². The van der Waals surface area contributed by atoms with Crippen molar-refractivity contribution < 1.29 is 0 Å². The Kier molecular flexibility index (Phi) is 4.96. The van der Waals surface area contributed by atoms with E-state index in [0.717, 1.165) is 6.42 Å². The largest absolute Gasteiger partial charge is 0.369 e. The molecule has 1 aromatic rings. The summed E-state index contributed by atoms with van der Waals surface area (Å²) in [6.45, 7) is 2.72. The number of hydrogen-bond acceptors (Lipinski definition) is 2. The van der Waals surface area contributed by atoms with Crippen molar-refractivity contribution in [3.05, 3.63) is 21.9 Å². The van der Waals surface area contributed by atoms with E-state index < -0.39 is 0 Å². The van der Waals surface area contributed by atoms with Crippen LogP contribution < -0.4 is 11.5 Å². The molecule has 94 valence electrons. The minimum absolute atomic E-state index is 0.225. The Balaban J connectivity index is 2.46. The van der Waals surface area contributed by atoms with E-state index in [9.17, 15) is 0 Å². The van der Waals surface area contributed by atoms with Crippen molar-refractivity contribution >= 4 is 23.3 Å². The van der Waals surface area contributed by atoms with Crippen molar-refractivity contribution in [1.29, 1.82) is 0 Å². The molecule has 1 rings (SSSR count). The Labute approximate surface area is 106 Å². The molecule has 0 radical (unpaired) electrons. The minimum atomic E-state index is 0.225. The lowest BCUT2D eigenvalue weighted by molar-refractivity contribution is 0.615. The fourth-order valence-corrected chi connectivity index (χ4v) is 1.92. The van der Waals surface area contributed by atoms with Crippen molar-refractivity contribution in [1.82, 2.24) is 4.90 Å². The molecule has 5 nitrogen and oxygen atoms in total. The molecule has 1 heterocycles. The van der Waals surface area contributed by atoms with Crippen LogP contribution in [0.15, 0.2) is 21.4 Å². The summed E-state index contributed by atoms with van der Waals surface area (Å²) in [5.41, 5.74) is 12.5. The lowest BCUT2D eigenvalue weighted by Crippen LogP contribution is -2.32. The number of aryl methyl sites for hydroxylation is 1. The maximum absolute atomic E-state index is 5.64. The first-order chi connectivity index (χ1) is 7.99. The number of hydrogen-bond donors (Lipinski definition) is 2. The van der Waals surface area contributed by atoms with Crippen LogP contribution in [0, 0.1) is 6.92 Å². The SMILES string of the molecule is Cc1cc(CCN=C(N)N=C(N)N(C)C)cs1. The zero-order chi connectivity index (χ0) is 12.8. The first-order valence-electron chi connectivity index (χ1n) is 5.34. The molecule has 0 atom stereocenters. The molecule has 0 amide bonds. The van der Waals surface area contributed by atoms with E-state index >= 15 is 0 Å². The third-order valence-electron chi connectivity index (χ3n) is 2.15. The van der Waals surface area contributed by atoms with Crippen LogP contribution in [0.2, 0.25) is 0 Å². The van der Waals surface area contributed by atoms with E-state index in [2.05, 4.69) is 28.4 Å². The summed E-state index contributed by atoms with van der Waals surface area (Å²) >= 11 is 1.74. The average Bonchev–Trinajstić information content (AvgIpc) is 2.64. The number of guanidine groups is 2. The van der Waals surface area contributed by atoms with E-state index in [1.165, 1.54) is 10.4 Å². The van der Waals surface area contributed by atoms with Crippen LogP contribution in [0.25, 0.3) is 0 Å². The van der Waals surface area contributed by atoms with Crippen LogP contribution in [-0.4, -0.2) is 37.5 Å². The normalized spacial score (nSPS) is 12.9. The van der Waals surface area contributed by atoms with E-state index in [0.29, 0.717) is 12.5 Å². The maximum atomic E-state index is 5.64. The predicted molar refractivity (Wildman–Crippen MR) is 74.6 cm³/mol. The van der Waals surface area contributed by atoms with Crippen LogP contribution >= 0.6 is 11.3 Å². The lowest BCUT2D eigenvalue weighted by Gasteiger charge is -2.09. The van der Waals surface area contributed by atoms with Gasteiger partial charge < -0.3 is 16.4 Å². The van der Waals surface area contributed by atoms with Crippen LogP contribution in [0.1, 0.15) is 10.4 Å². The molecule has 6 heteroatoms. The highest BCUT2D eigenvalue weighted by atomic mass is 32.1. The second-order valence-electron chi connectivity index (χ2n) is 3.92. The summed E-state index contributed by atoms with van der Waals surface area (Å²) in [5.74, 6) is 0.584. The van der Waals surface area contributed by atoms with E-state index in [-0.39, 0.29) is 5.96 Å². The Morgan fingerprint density at radius 1 is 1.41 bits per heavy atom. The third-order valence-corrected chi connectivity index (χ3v) is 3.06. The van der Waals surface area contributed by atoms with Crippen LogP contribution in [0.3, 0.4) is 0 Å². The minimum Gasteiger partial charge on any atom is -0.369 e. The van der Waals surface area contributed by atoms with Gasteiger partial charge in [-0.3, -0.25) is 4.99 Å². The summed E-state index contributed by atoms with van der Waals surface area (Å²) < 4.78 is 0. The van der Waals surface area contributed by atoms with Gasteiger partial charge in [-0.2, -0.15) is 4.99 Å². The van der Waals surface area contributed by atoms with Gasteiger partial charge >= 0.3 is 0 Å². The van der Waals surface area contributed by atoms with Gasteiger partial charge in [-0.15, -0.1) is 11.3 Å². The van der Waals surface area contributed by atoms with Crippen molar-refractivity contribution in [2.24, 2.45) is 21.5 Å². The van der Waals surface area contributed by atoms with Crippen molar-refractivity contribution in [3.63, 3.8) is 0 Å². The zero-order valence-electron chi connectivity index (χ0n) is 10.5. The molecule has 0 spiro atoms. The zero-order valence-corrected chi connectivity index (χ0v) is 11.3. The quantitative estimate of drug-likeness (QED) is 0.617. The average molecular weight is 253 g/mol. The Hall–Kier alpha value is -1.56. The molecule has 0 aliphatic carbocycles. The standard InChI is InChI=1S/C11H19N5S/c1-8-6-9(7-17-8)4-5-14-10(12)15-11(13)16(2)3/h6-7H,4-5H2,1-3H3,(H4,12,13,14,15). The van der Waals surface area contributed by atoms with Gasteiger partial charge in [-0.05, 0) is 30.4 Å². The highest BCUT2D eigenvalue weighted by Gasteiger charge is 1.97. The molecule has 0 aliphatic heterocycles. The molecule has 0 bridgehead atoms. The van der Waals surface area contributed by atoms with Crippen LogP contribution in [-0.2, 0) is 6.42 Å². The summed E-state index contributed by atoms with van der Waals surface area (Å²) in [6.07, 6.45) is 0.877. The third kappa shape index (κ3) is 4.86. The van der Waals surface area contributed by atoms with Gasteiger partial charge in [0.25, 0.3) is 0 Å². The Morgan fingerprint density at radius 3 is 2.65 bits per heavy atom. The second-order valence-corrected chi connectivity index (χ2v) is 5.04. The van der Waals surface area contributed by atoms with Gasteiger partial charge in [-0.1, -0.05) is 0 Å². The number of nitrogens with two attached hydrogens (primary N) is 2. The van der Waals surface area contributed by atoms with Gasteiger partial charge in [0, 0.05) is 25.5 Å². The number of aliphatic imine (C=N–C) groups is 2. The molecule has 0 fully saturated rings. The van der Waals surface area contributed by atoms with E-state index in [1.807, 2.05) is 0 Å². The summed E-state index contributed by atoms with van der Waals surface area (Å²) in [5, 5.41) is 2.14. The number of thiophene rings is 1. The topological polar surface area (TPSA) is 80.0 Å². The van der Waals surface area contributed by atoms with Gasteiger partial charge in [-0.25, -0.2) is 0 Å². The smallest absolute Gasteiger partial charge is 0.218 e. The van der Waals surface area contributed by atoms with Gasteiger partial charge in [0.05, 0.1) is 0 Å². The predicted octanol–water partition coefficient (Wildman–Crippen LogP) is 0.790. The molecule has 1 aromatic heterocycles. The summed E-state index contributed by atoms with van der Waals surface area (Å²) in [7, 11) is 3.61. The Morgan fingerprint density at radius 2 is 2.12 bits per heavy atom. The van der Waals surface area contributed by atoms with Crippen LogP contribution in [0.5, 0.6) is 0 Å². The van der Waals surface area contributed by atoms with Gasteiger partial charge in [0.15, 0.2) is 5.96 Å². The first-order valence-corrected chi connectivity index (χ1v) is 6.22. The second kappa shape index (κ2) is 6.24. The molecule has 0 aliphatic rings. The molecule has 17 heavy (non-hydrogen) atoms. The fraction of sp³-hybridized carbons (Fsp3) is 0.455. The molecule has 0 saturated heterocycles. The van der Waals surface area contributed by atoms with E-state index in [4.69, 9.17) is 11.5 Å². The molecule has 0 saturated carbocycles. The summed E-state index contributed by atoms with van der Waals surface area (Å²) in [4.78, 5) is 11.1. The highest BCUT2D eigenvalue weighted by Crippen LogP contribution is 2.13.